The van der Waals surface area contributed by atoms with Crippen LogP contribution >= 0.6 is 31.3 Å². The molecule has 2 aliphatic heterocycles. The van der Waals surface area contributed by atoms with Gasteiger partial charge in [-0.3, -0.25) is 4.89 Å². The third-order valence-corrected chi connectivity index (χ3v) is 10.4. The highest BCUT2D eigenvalue weighted by molar-refractivity contribution is 7.99. The lowest BCUT2D eigenvalue weighted by Crippen LogP contribution is -2.02. The molecule has 10 heteroatoms. The Labute approximate surface area is 259 Å². The number of phosphoric ester groups is 1. The Bertz CT molecular complexity index is 1700. The van der Waals surface area contributed by atoms with Gasteiger partial charge in [0.2, 0.25) is 0 Å². The Hall–Kier alpha value is -3.75. The molecule has 0 amide bonds. The topological polar surface area (TPSA) is 83.5 Å². The third-order valence-electron chi connectivity index (χ3n) is 7.08. The lowest BCUT2D eigenvalue weighted by Gasteiger charge is -2.22. The van der Waals surface area contributed by atoms with E-state index in [4.69, 9.17) is 23.3 Å². The Balaban J connectivity index is 1.48. The number of phosphoric acid groups is 1. The Morgan fingerprint density at radius 2 is 1.12 bits per heavy atom. The summed E-state index contributed by atoms with van der Waals surface area (Å²) in [4.78, 5) is 14.9. The van der Waals surface area contributed by atoms with E-state index in [1.54, 1.807) is 50.3 Å². The number of methoxy groups -OCH3 is 3. The monoisotopic (exact) mass is 632 g/mol. The molecule has 43 heavy (non-hydrogen) atoms. The highest BCUT2D eigenvalue weighted by Gasteiger charge is 2.35. The van der Waals surface area contributed by atoms with E-state index in [0.29, 0.717) is 33.3 Å². The summed E-state index contributed by atoms with van der Waals surface area (Å²) in [5, 5.41) is 0. The predicted octanol–water partition coefficient (Wildman–Crippen LogP) is 9.03. The molecule has 6 rings (SSSR count). The van der Waals surface area contributed by atoms with Crippen molar-refractivity contribution in [2.24, 2.45) is 0 Å². The van der Waals surface area contributed by atoms with Gasteiger partial charge in [-0.2, -0.15) is 0 Å². The summed E-state index contributed by atoms with van der Waals surface area (Å²) >= 11 is 3.04. The Morgan fingerprint density at radius 3 is 1.65 bits per heavy atom. The van der Waals surface area contributed by atoms with Crippen LogP contribution in [-0.4, -0.2) is 26.2 Å². The van der Waals surface area contributed by atoms with Crippen LogP contribution in [0.2, 0.25) is 0 Å². The summed E-state index contributed by atoms with van der Waals surface area (Å²) in [5.41, 5.74) is 3.80. The molecule has 220 valence electrons. The van der Waals surface area contributed by atoms with Gasteiger partial charge in [-0.15, -0.1) is 0 Å². The second kappa shape index (κ2) is 12.1. The second-order valence-corrected chi connectivity index (χ2v) is 13.0. The second-order valence-electron chi connectivity index (χ2n) is 9.61. The Kier molecular flexibility index (Phi) is 8.25. The van der Waals surface area contributed by atoms with Crippen LogP contribution in [0.25, 0.3) is 23.7 Å². The molecule has 0 fully saturated rings. The van der Waals surface area contributed by atoms with E-state index < -0.39 is 7.82 Å². The first kappa shape index (κ1) is 29.3. The van der Waals surface area contributed by atoms with Crippen molar-refractivity contribution in [3.05, 3.63) is 101 Å². The summed E-state index contributed by atoms with van der Waals surface area (Å²) < 4.78 is 43.1. The zero-order valence-electron chi connectivity index (χ0n) is 24.0. The molecule has 1 N–H and O–H groups in total. The molecule has 2 aliphatic rings. The molecule has 0 bridgehead atoms. The number of aryl methyl sites for hydroxylation is 1. The molecule has 2 heterocycles. The van der Waals surface area contributed by atoms with Crippen LogP contribution in [0, 0.1) is 0 Å². The van der Waals surface area contributed by atoms with Gasteiger partial charge in [0.1, 0.15) is 28.8 Å². The van der Waals surface area contributed by atoms with E-state index in [-0.39, 0.29) is 11.5 Å². The number of rotatable bonds is 8. The summed E-state index contributed by atoms with van der Waals surface area (Å²) in [6.07, 6.45) is 4.23. The first-order valence-corrected chi connectivity index (χ1v) is 16.6. The molecule has 0 saturated heterocycles. The molecule has 0 aromatic heterocycles. The zero-order valence-corrected chi connectivity index (χ0v) is 26.5. The van der Waals surface area contributed by atoms with Crippen LogP contribution in [0.5, 0.6) is 17.2 Å². The van der Waals surface area contributed by atoms with Gasteiger partial charge in [-0.1, -0.05) is 72.9 Å². The van der Waals surface area contributed by atoms with E-state index in [2.05, 4.69) is 6.92 Å². The van der Waals surface area contributed by atoms with Crippen LogP contribution in [0.4, 0.5) is 0 Å². The van der Waals surface area contributed by atoms with Crippen molar-refractivity contribution in [1.29, 1.82) is 0 Å². The highest BCUT2D eigenvalue weighted by Crippen LogP contribution is 2.58. The predicted molar refractivity (Wildman–Crippen MR) is 171 cm³/mol. The molecular formula is C33H29O7PS2. The molecule has 0 aliphatic carbocycles. The normalized spacial score (nSPS) is 14.6. The van der Waals surface area contributed by atoms with Crippen LogP contribution in [0.1, 0.15) is 34.7 Å². The minimum atomic E-state index is -4.82. The van der Waals surface area contributed by atoms with Gasteiger partial charge in [0.05, 0.1) is 37.4 Å². The number of hydrogen-bond donors (Lipinski definition) is 1. The van der Waals surface area contributed by atoms with Crippen molar-refractivity contribution < 1.29 is 32.7 Å². The van der Waals surface area contributed by atoms with E-state index in [9.17, 15) is 9.46 Å². The molecule has 4 aromatic carbocycles. The maximum Gasteiger partial charge on any atom is 0.584 e. The van der Waals surface area contributed by atoms with Crippen molar-refractivity contribution >= 4 is 55.0 Å². The fourth-order valence-electron chi connectivity index (χ4n) is 5.06. The van der Waals surface area contributed by atoms with Gasteiger partial charge in [-0.05, 0) is 65.6 Å². The summed E-state index contributed by atoms with van der Waals surface area (Å²) in [6, 6.07) is 22.9. The maximum absolute atomic E-state index is 14.0. The third kappa shape index (κ3) is 5.66. The van der Waals surface area contributed by atoms with E-state index in [1.807, 2.05) is 60.7 Å². The van der Waals surface area contributed by atoms with E-state index in [0.717, 1.165) is 37.8 Å². The fraction of sp³-hybridized carbons (Fsp3) is 0.152. The Morgan fingerprint density at radius 1 is 0.651 bits per heavy atom. The van der Waals surface area contributed by atoms with Gasteiger partial charge in [0.25, 0.3) is 0 Å². The quantitative estimate of drug-likeness (QED) is 0.191. The smallest absolute Gasteiger partial charge is 0.496 e. The molecule has 0 radical (unpaired) electrons. The van der Waals surface area contributed by atoms with Gasteiger partial charge < -0.3 is 23.3 Å². The molecule has 0 saturated carbocycles. The molecule has 1 atom stereocenters. The van der Waals surface area contributed by atoms with Gasteiger partial charge in [0, 0.05) is 14.7 Å². The minimum absolute atomic E-state index is 0.118. The van der Waals surface area contributed by atoms with Crippen LogP contribution in [0.15, 0.2) is 92.4 Å². The average Bonchev–Trinajstić information content (AvgIpc) is 3.27. The first-order valence-electron chi connectivity index (χ1n) is 13.5. The average molecular weight is 633 g/mol. The van der Waals surface area contributed by atoms with Crippen LogP contribution < -0.4 is 14.2 Å². The summed E-state index contributed by atoms with van der Waals surface area (Å²) in [6.45, 7) is 2.07. The molecule has 4 aromatic rings. The van der Waals surface area contributed by atoms with Crippen LogP contribution in [0.3, 0.4) is 0 Å². The van der Waals surface area contributed by atoms with Gasteiger partial charge in [0.15, 0.2) is 0 Å². The highest BCUT2D eigenvalue weighted by atomic mass is 32.2. The SMILES string of the molecule is CCc1ccc(OC)c2c1Sc1ccccc1C=C2OP(=O)(O)OC1=Cc2ccccc2Sc2c(OC)ccc(OC)c21. The summed E-state index contributed by atoms with van der Waals surface area (Å²) in [7, 11) is -0.134. The van der Waals surface area contributed by atoms with E-state index in [1.165, 1.54) is 18.9 Å². The molecular weight excluding hydrogens is 603 g/mol. The molecule has 1 unspecified atom stereocenters. The van der Waals surface area contributed by atoms with Crippen molar-refractivity contribution in [2.75, 3.05) is 21.3 Å². The lowest BCUT2D eigenvalue weighted by atomic mass is 10.0. The maximum atomic E-state index is 14.0. The number of ether oxygens (including phenoxy) is 3. The molecule has 0 spiro atoms. The van der Waals surface area contributed by atoms with Crippen molar-refractivity contribution in [3.63, 3.8) is 0 Å². The first-order chi connectivity index (χ1) is 20.9. The van der Waals surface area contributed by atoms with E-state index >= 15 is 0 Å². The fourth-order valence-corrected chi connectivity index (χ4v) is 8.31. The van der Waals surface area contributed by atoms with Gasteiger partial charge in [-0.25, -0.2) is 4.57 Å². The number of fused-ring (bicyclic) bond motifs is 4. The number of hydrogen-bond acceptors (Lipinski definition) is 8. The zero-order chi connectivity index (χ0) is 30.1. The summed E-state index contributed by atoms with van der Waals surface area (Å²) in [5.74, 6) is 1.85. The largest absolute Gasteiger partial charge is 0.584 e. The van der Waals surface area contributed by atoms with Crippen molar-refractivity contribution in [3.8, 4) is 17.2 Å². The molecule has 7 nitrogen and oxygen atoms in total. The minimum Gasteiger partial charge on any atom is -0.496 e. The van der Waals surface area contributed by atoms with Gasteiger partial charge >= 0.3 is 7.82 Å². The lowest BCUT2D eigenvalue weighted by molar-refractivity contribution is 0.263. The van der Waals surface area contributed by atoms with Crippen molar-refractivity contribution in [2.45, 2.75) is 32.9 Å². The standard InChI is InChI=1S/C33H29O7PS2/c1-5-20-14-15-23(36-2)30-26(18-21-10-6-8-12-28(21)42-32(20)30)39-41(34,35)40-27-19-22-11-7-9-13-29(22)43-33-25(38-4)17-16-24(37-3)31(27)33/h6-19H,5H2,1-4H3,(H,34,35). The van der Waals surface area contributed by atoms with Crippen molar-refractivity contribution in [1.82, 2.24) is 0 Å². The number of benzene rings is 4. The van der Waals surface area contributed by atoms with Crippen LogP contribution in [-0.2, 0) is 20.0 Å².